The second-order valence-electron chi connectivity index (χ2n) is 19.9. The molecule has 12 rings (SSSR count). The van der Waals surface area contributed by atoms with Gasteiger partial charge in [-0.3, -0.25) is 4.79 Å². The normalized spacial score (nSPS) is 15.2. The van der Waals surface area contributed by atoms with Gasteiger partial charge in [0.1, 0.15) is 0 Å². The monoisotopic (exact) mass is 1140 g/mol. The van der Waals surface area contributed by atoms with Crippen LogP contribution in [0.25, 0.3) is 32.7 Å². The number of nitrogens with zero attached hydrogens (tertiary/aromatic N) is 5. The summed E-state index contributed by atoms with van der Waals surface area (Å²) in [5.74, 6) is 0. The molecule has 8 aromatic carbocycles. The van der Waals surface area contributed by atoms with Gasteiger partial charge in [-0.25, -0.2) is 0 Å². The molecule has 8 aromatic rings. The SMILES string of the molecule is CN(C)C=O.[Cl-].[Cl-].[Ru+2].c1ccc2c(-c3c(P(c4ccc(N5CCCC5)cc4)c4ccc(N5CCCC5)cc4)ccc4ccccc34)c(P(c3ccc(N4CCCC4)cc3)c3ccc(N4CCCC4)cc3)ccc2c1. The Labute approximate surface area is 467 Å². The predicted molar refractivity (Wildman–Crippen MR) is 310 cm³/mol. The third-order valence-electron chi connectivity index (χ3n) is 15.1. The first-order valence-electron chi connectivity index (χ1n) is 26.2. The van der Waals surface area contributed by atoms with Crippen molar-refractivity contribution in [2.45, 2.75) is 51.4 Å². The molecule has 4 heterocycles. The van der Waals surface area contributed by atoms with E-state index in [2.05, 4.69) is 189 Å². The van der Waals surface area contributed by atoms with Crippen LogP contribution in [0.1, 0.15) is 51.4 Å². The zero-order valence-corrected chi connectivity index (χ0v) is 47.7. The van der Waals surface area contributed by atoms with E-state index in [9.17, 15) is 4.79 Å². The topological polar surface area (TPSA) is 33.3 Å². The molecule has 0 spiro atoms. The molecule has 4 fully saturated rings. The largest absolute Gasteiger partial charge is 2.00 e. The number of hydrogen-bond donors (Lipinski definition) is 0. The maximum Gasteiger partial charge on any atom is 2.00 e. The number of carbonyl (C=O) groups is 1. The molecule has 4 aliphatic heterocycles. The molecular weight excluding hydrogens is 1080 g/mol. The van der Waals surface area contributed by atoms with Crippen molar-refractivity contribution >= 4 is 98.4 Å². The van der Waals surface area contributed by atoms with Gasteiger partial charge >= 0.3 is 19.5 Å². The van der Waals surface area contributed by atoms with Gasteiger partial charge in [0, 0.05) is 89.2 Å². The van der Waals surface area contributed by atoms with Crippen molar-refractivity contribution in [2.75, 3.05) is 86.1 Å². The van der Waals surface area contributed by atoms with E-state index < -0.39 is 15.8 Å². The van der Waals surface area contributed by atoms with Crippen LogP contribution in [-0.2, 0) is 24.3 Å². The number of carbonyl (C=O) groups excluding carboxylic acids is 1. The summed E-state index contributed by atoms with van der Waals surface area (Å²) in [6.07, 6.45) is 11.0. The summed E-state index contributed by atoms with van der Waals surface area (Å²) in [6, 6.07) is 67.2. The van der Waals surface area contributed by atoms with Crippen LogP contribution in [0.15, 0.2) is 170 Å². The molecule has 0 radical (unpaired) electrons. The second kappa shape index (κ2) is 25.7. The Morgan fingerprint density at radius 2 is 0.608 bits per heavy atom. The minimum absolute atomic E-state index is 0. The molecule has 4 saturated heterocycles. The molecule has 0 aromatic heterocycles. The number of halogens is 2. The molecule has 0 aliphatic carbocycles. The first-order valence-corrected chi connectivity index (χ1v) is 28.8. The first kappa shape index (κ1) is 55.3. The molecular formula is C63H67Cl2N5OP2Ru. The van der Waals surface area contributed by atoms with Crippen molar-refractivity contribution in [1.82, 2.24) is 4.90 Å². The summed E-state index contributed by atoms with van der Waals surface area (Å²) in [5.41, 5.74) is 8.16. The van der Waals surface area contributed by atoms with Crippen LogP contribution in [0.2, 0.25) is 0 Å². The molecule has 11 heteroatoms. The minimum atomic E-state index is -0.969. The average Bonchev–Trinajstić information content (AvgIpc) is 4.30. The van der Waals surface area contributed by atoms with E-state index >= 15 is 0 Å². The van der Waals surface area contributed by atoms with Crippen LogP contribution in [0.4, 0.5) is 22.7 Å². The molecule has 0 bridgehead atoms. The molecule has 6 nitrogen and oxygen atoms in total. The van der Waals surface area contributed by atoms with E-state index in [1.807, 2.05) is 0 Å². The molecule has 0 saturated carbocycles. The van der Waals surface area contributed by atoms with Gasteiger partial charge in [-0.05, 0) is 180 Å². The van der Waals surface area contributed by atoms with Crippen molar-refractivity contribution in [3.05, 3.63) is 170 Å². The fourth-order valence-corrected chi connectivity index (χ4v) is 16.3. The van der Waals surface area contributed by atoms with Gasteiger partial charge in [0.25, 0.3) is 0 Å². The Kier molecular flexibility index (Phi) is 19.2. The Balaban J connectivity index is 0.000000871. The van der Waals surface area contributed by atoms with Gasteiger partial charge < -0.3 is 49.3 Å². The number of benzene rings is 8. The van der Waals surface area contributed by atoms with E-state index in [0.717, 1.165) is 58.8 Å². The molecule has 0 unspecified atom stereocenters. The van der Waals surface area contributed by atoms with Crippen LogP contribution in [-0.4, -0.2) is 77.8 Å². The molecule has 0 atom stereocenters. The van der Waals surface area contributed by atoms with Crippen molar-refractivity contribution in [1.29, 1.82) is 0 Å². The molecule has 0 N–H and O–H groups in total. The van der Waals surface area contributed by atoms with E-state index in [0.29, 0.717) is 0 Å². The van der Waals surface area contributed by atoms with E-state index in [1.165, 1.54) is 144 Å². The van der Waals surface area contributed by atoms with Crippen LogP contribution in [0.3, 0.4) is 0 Å². The zero-order chi connectivity index (χ0) is 48.1. The summed E-state index contributed by atoms with van der Waals surface area (Å²) < 4.78 is 0. The number of anilines is 4. The van der Waals surface area contributed by atoms with E-state index in [1.54, 1.807) is 14.1 Å². The van der Waals surface area contributed by atoms with Gasteiger partial charge in [0.15, 0.2) is 0 Å². The summed E-state index contributed by atoms with van der Waals surface area (Å²) >= 11 is 0. The third kappa shape index (κ3) is 11.8. The molecule has 74 heavy (non-hydrogen) atoms. The van der Waals surface area contributed by atoms with Crippen molar-refractivity contribution < 1.29 is 49.1 Å². The third-order valence-corrected chi connectivity index (χ3v) is 20.0. The maximum atomic E-state index is 9.43. The average molecular weight is 1140 g/mol. The minimum Gasteiger partial charge on any atom is -1.00 e. The fourth-order valence-electron chi connectivity index (χ4n) is 11.4. The summed E-state index contributed by atoms with van der Waals surface area (Å²) in [4.78, 5) is 21.1. The Bertz CT molecular complexity index is 2760. The number of hydrogen-bond acceptors (Lipinski definition) is 5. The zero-order valence-electron chi connectivity index (χ0n) is 42.7. The van der Waals surface area contributed by atoms with Gasteiger partial charge in [-0.2, -0.15) is 0 Å². The van der Waals surface area contributed by atoms with Crippen molar-refractivity contribution in [3.63, 3.8) is 0 Å². The van der Waals surface area contributed by atoms with E-state index in [-0.39, 0.29) is 44.3 Å². The fraction of sp³-hybridized carbons (Fsp3) is 0.286. The summed E-state index contributed by atoms with van der Waals surface area (Å²) in [6.45, 7) is 9.19. The Hall–Kier alpha value is -4.99. The van der Waals surface area contributed by atoms with Gasteiger partial charge in [-0.1, -0.05) is 121 Å². The number of rotatable bonds is 12. The number of fused-ring (bicyclic) bond motifs is 2. The van der Waals surface area contributed by atoms with Gasteiger partial charge in [0.2, 0.25) is 6.41 Å². The Morgan fingerprint density at radius 3 is 0.851 bits per heavy atom. The number of amides is 1. The summed E-state index contributed by atoms with van der Waals surface area (Å²) in [5, 5.41) is 13.7. The second-order valence-corrected chi connectivity index (χ2v) is 24.3. The Morgan fingerprint density at radius 1 is 0.365 bits per heavy atom. The van der Waals surface area contributed by atoms with Crippen LogP contribution in [0, 0.1) is 0 Å². The predicted octanol–water partition coefficient (Wildman–Crippen LogP) is 5.29. The van der Waals surface area contributed by atoms with Crippen molar-refractivity contribution in [3.8, 4) is 11.1 Å². The summed E-state index contributed by atoms with van der Waals surface area (Å²) in [7, 11) is 1.44. The van der Waals surface area contributed by atoms with Crippen LogP contribution in [0.5, 0.6) is 0 Å². The smallest absolute Gasteiger partial charge is 1.00 e. The van der Waals surface area contributed by atoms with Crippen LogP contribution < -0.4 is 76.2 Å². The molecule has 4 aliphatic rings. The standard InChI is InChI=1S/C60H60N4P2.C3H7NO.2ClH.Ru/c1-3-15-55-45(13-1)17-35-57(65(51-27-19-47(20-28-51)61-37-5-6-38-61)52-29-21-48(22-30-52)62-39-7-8-40-62)59(55)60-56-16-4-2-14-46(56)18-36-58(60)66(53-31-23-49(24-32-53)63-41-9-10-42-63)54-33-25-50(26-34-54)64-43-11-12-44-64;1-4(2)3-5;;;/h1-4,13-36H,5-12,37-44H2;3H,1-2H3;2*1H;/q;;;;+2/p-2. The van der Waals surface area contributed by atoms with Crippen LogP contribution >= 0.6 is 15.8 Å². The van der Waals surface area contributed by atoms with Crippen molar-refractivity contribution in [2.24, 2.45) is 0 Å². The molecule has 382 valence electrons. The quantitative estimate of drug-likeness (QED) is 0.0946. The van der Waals surface area contributed by atoms with E-state index in [4.69, 9.17) is 0 Å². The van der Waals surface area contributed by atoms with Gasteiger partial charge in [-0.15, -0.1) is 0 Å². The maximum absolute atomic E-state index is 9.43. The molecule has 1 amide bonds. The first-order chi connectivity index (χ1) is 35.0. The van der Waals surface area contributed by atoms with Gasteiger partial charge in [0.05, 0.1) is 0 Å².